The summed E-state index contributed by atoms with van der Waals surface area (Å²) in [5.74, 6) is 2.79. The first kappa shape index (κ1) is 13.5. The van der Waals surface area contributed by atoms with Gasteiger partial charge in [-0.3, -0.25) is 0 Å². The van der Waals surface area contributed by atoms with E-state index in [1.165, 1.54) is 5.69 Å². The van der Waals surface area contributed by atoms with Gasteiger partial charge in [-0.15, -0.1) is 0 Å². The molecule has 0 N–H and O–H groups in total. The summed E-state index contributed by atoms with van der Waals surface area (Å²) in [5.41, 5.74) is 3.09. The molecule has 1 nitrogen and oxygen atoms in total. The zero-order valence-electron chi connectivity index (χ0n) is 13.4. The number of nitrogens with zero attached hydrogens (tertiary/aromatic N) is 1. The van der Waals surface area contributed by atoms with E-state index in [1.54, 1.807) is 5.56 Å². The molecule has 112 valence electrons. The predicted octanol–water partition coefficient (Wildman–Crippen LogP) is 4.58. The molecule has 5 unspecified atom stereocenters. The number of anilines is 1. The monoisotopic (exact) mass is 299 g/mol. The summed E-state index contributed by atoms with van der Waals surface area (Å²) in [5, 5.41) is 0. The lowest BCUT2D eigenvalue weighted by Gasteiger charge is -2.45. The van der Waals surface area contributed by atoms with E-state index in [0.717, 1.165) is 5.92 Å². The number of para-hydroxylation sites is 1. The van der Waals surface area contributed by atoms with Crippen LogP contribution in [0.4, 0.5) is 5.69 Å². The Morgan fingerprint density at radius 3 is 2.33 bits per heavy atom. The van der Waals surface area contributed by atoms with Crippen molar-refractivity contribution in [3.8, 4) is 0 Å². The van der Waals surface area contributed by atoms with Crippen LogP contribution in [0.25, 0.3) is 0 Å². The van der Waals surface area contributed by atoms with Gasteiger partial charge in [0, 0.05) is 17.6 Å². The van der Waals surface area contributed by atoms with Crippen molar-refractivity contribution in [3.05, 3.63) is 54.1 Å². The molecule has 0 amide bonds. The van der Waals surface area contributed by atoms with Crippen LogP contribution in [-0.2, 0) is 0 Å². The van der Waals surface area contributed by atoms with Gasteiger partial charge in [0.1, 0.15) is 0 Å². The Balaban J connectivity index is 1.89. The van der Waals surface area contributed by atoms with Crippen LogP contribution in [0.3, 0.4) is 0 Å². The highest BCUT2D eigenvalue weighted by atomic mass is 32.3. The maximum Gasteiger partial charge on any atom is 0.0496 e. The molecular weight excluding hydrogens is 274 g/mol. The van der Waals surface area contributed by atoms with Crippen LogP contribution in [0.1, 0.15) is 18.4 Å². The van der Waals surface area contributed by atoms with E-state index in [2.05, 4.69) is 78.6 Å². The van der Waals surface area contributed by atoms with Crippen LogP contribution >= 0.6 is 10.2 Å². The van der Waals surface area contributed by atoms with Gasteiger partial charge in [0.05, 0.1) is 0 Å². The summed E-state index contributed by atoms with van der Waals surface area (Å²) in [6, 6.07) is 9.81. The first-order valence-corrected chi connectivity index (χ1v) is 10.7. The summed E-state index contributed by atoms with van der Waals surface area (Å²) in [4.78, 5) is 0. The molecule has 1 fully saturated rings. The fourth-order valence-electron chi connectivity index (χ4n) is 4.85. The number of benzene rings is 1. The quantitative estimate of drug-likeness (QED) is 0.734. The van der Waals surface area contributed by atoms with Gasteiger partial charge in [0.15, 0.2) is 0 Å². The third-order valence-electron chi connectivity index (χ3n) is 5.54. The number of allylic oxidation sites excluding steroid dienone is 4. The summed E-state index contributed by atoms with van der Waals surface area (Å²) >= 11 is 0. The van der Waals surface area contributed by atoms with E-state index in [4.69, 9.17) is 0 Å². The number of fused-ring (bicyclic) bond motifs is 5. The van der Waals surface area contributed by atoms with E-state index in [9.17, 15) is 0 Å². The third kappa shape index (κ3) is 1.78. The maximum atomic E-state index is 2.79. The topological polar surface area (TPSA) is 3.24 Å². The van der Waals surface area contributed by atoms with Crippen LogP contribution < -0.4 is 4.31 Å². The van der Waals surface area contributed by atoms with E-state index >= 15 is 0 Å². The smallest absolute Gasteiger partial charge is 0.0496 e. The molecule has 21 heavy (non-hydrogen) atoms. The van der Waals surface area contributed by atoms with Crippen LogP contribution in [0, 0.1) is 17.8 Å². The van der Waals surface area contributed by atoms with Gasteiger partial charge < -0.3 is 4.31 Å². The van der Waals surface area contributed by atoms with E-state index in [-0.39, 0.29) is 0 Å². The normalized spacial score (nSPS) is 37.3. The lowest BCUT2D eigenvalue weighted by molar-refractivity contribution is 0.430. The first-order valence-electron chi connectivity index (χ1n) is 7.92. The van der Waals surface area contributed by atoms with Gasteiger partial charge >= 0.3 is 0 Å². The summed E-state index contributed by atoms with van der Waals surface area (Å²) in [7, 11) is -0.761. The molecule has 2 heteroatoms. The Morgan fingerprint density at radius 2 is 1.62 bits per heavy atom. The highest BCUT2D eigenvalue weighted by Crippen LogP contribution is 2.64. The van der Waals surface area contributed by atoms with Gasteiger partial charge in [-0.25, -0.2) is 0 Å². The maximum absolute atomic E-state index is 2.79. The van der Waals surface area contributed by atoms with Crippen LogP contribution in [0.5, 0.6) is 0 Å². The lowest BCUT2D eigenvalue weighted by atomic mass is 9.82. The molecule has 1 aromatic rings. The summed E-state index contributed by atoms with van der Waals surface area (Å²) in [6.45, 7) is 2.47. The third-order valence-corrected chi connectivity index (χ3v) is 7.17. The molecule has 4 rings (SSSR count). The van der Waals surface area contributed by atoms with Crippen molar-refractivity contribution < 1.29 is 0 Å². The summed E-state index contributed by atoms with van der Waals surface area (Å²) in [6.07, 6.45) is 16.7. The van der Waals surface area contributed by atoms with Crippen LogP contribution in [0.2, 0.25) is 0 Å². The van der Waals surface area contributed by atoms with E-state index in [0.29, 0.717) is 23.8 Å². The molecule has 0 aromatic heterocycles. The Morgan fingerprint density at radius 1 is 0.952 bits per heavy atom. The molecule has 0 saturated heterocycles. The van der Waals surface area contributed by atoms with Gasteiger partial charge in [-0.2, -0.15) is 10.2 Å². The summed E-state index contributed by atoms with van der Waals surface area (Å²) < 4.78 is 2.79. The molecule has 2 aliphatic carbocycles. The largest absolute Gasteiger partial charge is 0.330 e. The Kier molecular flexibility index (Phi) is 2.85. The predicted molar refractivity (Wildman–Crippen MR) is 95.2 cm³/mol. The van der Waals surface area contributed by atoms with Gasteiger partial charge in [0.25, 0.3) is 0 Å². The highest BCUT2D eigenvalue weighted by Gasteiger charge is 2.55. The molecule has 1 heterocycles. The van der Waals surface area contributed by atoms with Crippen molar-refractivity contribution in [1.29, 1.82) is 0 Å². The molecule has 0 bridgehead atoms. The second-order valence-electron chi connectivity index (χ2n) is 7.46. The lowest BCUT2D eigenvalue weighted by Crippen LogP contribution is -2.37. The van der Waals surface area contributed by atoms with Crippen molar-refractivity contribution >= 4 is 15.9 Å². The molecule has 3 aliphatic rings. The van der Waals surface area contributed by atoms with E-state index < -0.39 is 10.2 Å². The second-order valence-corrected chi connectivity index (χ2v) is 11.4. The molecule has 5 atom stereocenters. The van der Waals surface area contributed by atoms with Gasteiger partial charge in [-0.05, 0) is 48.2 Å². The molecule has 0 radical (unpaired) electrons. The number of hydrogen-bond donors (Lipinski definition) is 0. The van der Waals surface area contributed by atoms with Crippen LogP contribution in [0.15, 0.2) is 48.6 Å². The second kappa shape index (κ2) is 4.42. The standard InChI is InChI=1S/C19H25NS/c1-13-14-9-5-6-10-15(14)18-16-11-7-8-12-17(16)20(19(13)18)21(2,3)4/h5-15,18-19H,1-4H3. The molecule has 1 saturated carbocycles. The SMILES string of the molecule is CC1C2C=CC=CC2C2c3ccccc3N(S(C)(C)C)C12. The van der Waals surface area contributed by atoms with Crippen molar-refractivity contribution in [3.63, 3.8) is 0 Å². The zero-order valence-corrected chi connectivity index (χ0v) is 14.2. The Hall–Kier alpha value is -1.15. The highest BCUT2D eigenvalue weighted by molar-refractivity contribution is 8.33. The van der Waals surface area contributed by atoms with Crippen LogP contribution in [-0.4, -0.2) is 24.8 Å². The zero-order chi connectivity index (χ0) is 14.8. The minimum absolute atomic E-state index is 0.666. The first-order chi connectivity index (χ1) is 10.00. The fourth-order valence-corrected chi connectivity index (χ4v) is 6.66. The number of rotatable bonds is 1. The molecular formula is C19H25NS. The fraction of sp³-hybridized carbons (Fsp3) is 0.474. The van der Waals surface area contributed by atoms with Gasteiger partial charge in [0.2, 0.25) is 0 Å². The molecule has 1 aliphatic heterocycles. The average Bonchev–Trinajstić information content (AvgIpc) is 2.93. The van der Waals surface area contributed by atoms with Gasteiger partial charge in [-0.1, -0.05) is 49.4 Å². The Bertz CT molecular complexity index is 625. The minimum Gasteiger partial charge on any atom is -0.330 e. The number of hydrogen-bond acceptors (Lipinski definition) is 1. The van der Waals surface area contributed by atoms with Crippen molar-refractivity contribution in [2.75, 3.05) is 23.1 Å². The van der Waals surface area contributed by atoms with E-state index in [1.807, 2.05) is 0 Å². The van der Waals surface area contributed by atoms with Crippen molar-refractivity contribution in [2.24, 2.45) is 17.8 Å². The minimum atomic E-state index is -0.761. The van der Waals surface area contributed by atoms with Crippen molar-refractivity contribution in [1.82, 2.24) is 0 Å². The van der Waals surface area contributed by atoms with Crippen molar-refractivity contribution in [2.45, 2.75) is 18.9 Å². The molecule has 0 spiro atoms. The average molecular weight is 299 g/mol. The molecule has 1 aromatic carbocycles. The Labute approximate surface area is 130 Å².